The predicted molar refractivity (Wildman–Crippen MR) is 38.3 cm³/mol. The standard InChI is InChI=1S/C7H11NO3/c1-2-8-4-5(9)3-6(8)7(10)11/h6H,2-4H2,1H3,(H,10,11). The summed E-state index contributed by atoms with van der Waals surface area (Å²) >= 11 is 0. The van der Waals surface area contributed by atoms with Crippen LogP contribution < -0.4 is 0 Å². The van der Waals surface area contributed by atoms with E-state index < -0.39 is 12.0 Å². The molecule has 0 radical (unpaired) electrons. The van der Waals surface area contributed by atoms with E-state index in [2.05, 4.69) is 0 Å². The van der Waals surface area contributed by atoms with Gasteiger partial charge in [0.2, 0.25) is 0 Å². The molecule has 11 heavy (non-hydrogen) atoms. The van der Waals surface area contributed by atoms with Gasteiger partial charge < -0.3 is 5.11 Å². The number of hydrogen-bond donors (Lipinski definition) is 1. The Kier molecular flexibility index (Phi) is 2.24. The molecule has 0 bridgehead atoms. The minimum atomic E-state index is -0.891. The first kappa shape index (κ1) is 8.20. The van der Waals surface area contributed by atoms with Gasteiger partial charge in [-0.2, -0.15) is 0 Å². The number of carbonyl (C=O) groups is 2. The van der Waals surface area contributed by atoms with Crippen molar-refractivity contribution in [3.63, 3.8) is 0 Å². The van der Waals surface area contributed by atoms with E-state index in [0.29, 0.717) is 13.1 Å². The predicted octanol–water partition coefficient (Wildman–Crippen LogP) is -0.266. The van der Waals surface area contributed by atoms with Crippen molar-refractivity contribution in [2.24, 2.45) is 0 Å². The summed E-state index contributed by atoms with van der Waals surface area (Å²) in [5, 5.41) is 8.64. The Morgan fingerprint density at radius 3 is 2.82 bits per heavy atom. The van der Waals surface area contributed by atoms with Crippen molar-refractivity contribution >= 4 is 11.8 Å². The number of likely N-dealkylation sites (N-methyl/N-ethyl adjacent to an activating group) is 1. The molecule has 1 rings (SSSR count). The van der Waals surface area contributed by atoms with E-state index in [1.54, 1.807) is 4.90 Å². The van der Waals surface area contributed by atoms with Crippen LogP contribution in [-0.4, -0.2) is 40.9 Å². The van der Waals surface area contributed by atoms with Gasteiger partial charge in [0.1, 0.15) is 11.8 Å². The van der Waals surface area contributed by atoms with Crippen LogP contribution in [0, 0.1) is 0 Å². The first-order valence-corrected chi connectivity index (χ1v) is 3.63. The van der Waals surface area contributed by atoms with Crippen LogP contribution in [0.3, 0.4) is 0 Å². The fourth-order valence-electron chi connectivity index (χ4n) is 1.32. The summed E-state index contributed by atoms with van der Waals surface area (Å²) in [6.07, 6.45) is 0.170. The molecule has 1 aliphatic heterocycles. The summed E-state index contributed by atoms with van der Waals surface area (Å²) < 4.78 is 0. The van der Waals surface area contributed by atoms with Crippen molar-refractivity contribution in [2.45, 2.75) is 19.4 Å². The van der Waals surface area contributed by atoms with Gasteiger partial charge in [0, 0.05) is 6.42 Å². The zero-order valence-corrected chi connectivity index (χ0v) is 6.41. The summed E-state index contributed by atoms with van der Waals surface area (Å²) in [5.74, 6) is -0.864. The highest BCUT2D eigenvalue weighted by atomic mass is 16.4. The zero-order valence-electron chi connectivity index (χ0n) is 6.41. The van der Waals surface area contributed by atoms with Gasteiger partial charge in [0.05, 0.1) is 6.54 Å². The summed E-state index contributed by atoms with van der Waals surface area (Å²) in [5.41, 5.74) is 0. The number of rotatable bonds is 2. The number of carboxylic acid groups (broad SMARTS) is 1. The Morgan fingerprint density at radius 1 is 1.82 bits per heavy atom. The number of carbonyl (C=O) groups excluding carboxylic acids is 1. The van der Waals surface area contributed by atoms with E-state index in [0.717, 1.165) is 0 Å². The Morgan fingerprint density at radius 2 is 2.45 bits per heavy atom. The Balaban J connectivity index is 2.64. The lowest BCUT2D eigenvalue weighted by molar-refractivity contribution is -0.142. The SMILES string of the molecule is CCN1CC(=O)CC1C(=O)O. The zero-order chi connectivity index (χ0) is 8.43. The number of nitrogens with zero attached hydrogens (tertiary/aromatic N) is 1. The average molecular weight is 157 g/mol. The molecular weight excluding hydrogens is 146 g/mol. The summed E-state index contributed by atoms with van der Waals surface area (Å²) in [7, 11) is 0. The third-order valence-corrected chi connectivity index (χ3v) is 1.93. The molecule has 4 heteroatoms. The van der Waals surface area contributed by atoms with Gasteiger partial charge in [-0.05, 0) is 6.54 Å². The molecule has 0 aliphatic carbocycles. The first-order valence-electron chi connectivity index (χ1n) is 3.63. The van der Waals surface area contributed by atoms with Gasteiger partial charge in [-0.3, -0.25) is 14.5 Å². The quantitative estimate of drug-likeness (QED) is 0.599. The van der Waals surface area contributed by atoms with E-state index in [1.165, 1.54) is 0 Å². The van der Waals surface area contributed by atoms with Crippen LogP contribution in [0.1, 0.15) is 13.3 Å². The summed E-state index contributed by atoms with van der Waals surface area (Å²) in [4.78, 5) is 23.0. The lowest BCUT2D eigenvalue weighted by Crippen LogP contribution is -2.35. The second-order valence-corrected chi connectivity index (χ2v) is 2.66. The Hall–Kier alpha value is -0.900. The molecular formula is C7H11NO3. The molecule has 0 aromatic rings. The molecule has 4 nitrogen and oxygen atoms in total. The summed E-state index contributed by atoms with van der Waals surface area (Å²) in [6.45, 7) is 2.78. The molecule has 0 saturated carbocycles. The monoisotopic (exact) mass is 157 g/mol. The lowest BCUT2D eigenvalue weighted by Gasteiger charge is -2.16. The van der Waals surface area contributed by atoms with E-state index in [4.69, 9.17) is 5.11 Å². The third-order valence-electron chi connectivity index (χ3n) is 1.93. The van der Waals surface area contributed by atoms with Crippen LogP contribution in [0.25, 0.3) is 0 Å². The second kappa shape index (κ2) is 3.00. The fraction of sp³-hybridized carbons (Fsp3) is 0.714. The first-order chi connectivity index (χ1) is 5.15. The van der Waals surface area contributed by atoms with Crippen molar-refractivity contribution < 1.29 is 14.7 Å². The van der Waals surface area contributed by atoms with E-state index in [1.807, 2.05) is 6.92 Å². The van der Waals surface area contributed by atoms with E-state index >= 15 is 0 Å². The van der Waals surface area contributed by atoms with Gasteiger partial charge in [-0.1, -0.05) is 6.92 Å². The molecule has 1 unspecified atom stereocenters. The van der Waals surface area contributed by atoms with Crippen LogP contribution in [0.5, 0.6) is 0 Å². The maximum Gasteiger partial charge on any atom is 0.321 e. The number of ketones is 1. The third kappa shape index (κ3) is 1.57. The molecule has 1 aliphatic rings. The number of carboxylic acids is 1. The molecule has 0 amide bonds. The van der Waals surface area contributed by atoms with Crippen LogP contribution in [0.4, 0.5) is 0 Å². The summed E-state index contributed by atoms with van der Waals surface area (Å²) in [6, 6.07) is -0.576. The molecule has 1 heterocycles. The largest absolute Gasteiger partial charge is 0.480 e. The van der Waals surface area contributed by atoms with Gasteiger partial charge >= 0.3 is 5.97 Å². The van der Waals surface area contributed by atoms with Crippen molar-refractivity contribution in [1.29, 1.82) is 0 Å². The molecule has 1 saturated heterocycles. The van der Waals surface area contributed by atoms with Gasteiger partial charge in [0.25, 0.3) is 0 Å². The van der Waals surface area contributed by atoms with Gasteiger partial charge in [-0.25, -0.2) is 0 Å². The highest BCUT2D eigenvalue weighted by Crippen LogP contribution is 2.13. The van der Waals surface area contributed by atoms with Crippen LogP contribution in [0.2, 0.25) is 0 Å². The number of hydrogen-bond acceptors (Lipinski definition) is 3. The molecule has 1 fully saturated rings. The van der Waals surface area contributed by atoms with Crippen molar-refractivity contribution in [3.8, 4) is 0 Å². The number of aliphatic carboxylic acids is 1. The number of Topliss-reactive ketones (excluding diaryl/α,β-unsaturated/α-hetero) is 1. The Labute approximate surface area is 64.8 Å². The molecule has 1 atom stereocenters. The highest BCUT2D eigenvalue weighted by Gasteiger charge is 2.34. The minimum Gasteiger partial charge on any atom is -0.480 e. The normalized spacial score (nSPS) is 25.9. The topological polar surface area (TPSA) is 57.6 Å². The fourth-order valence-corrected chi connectivity index (χ4v) is 1.32. The second-order valence-electron chi connectivity index (χ2n) is 2.66. The number of likely N-dealkylation sites (tertiary alicyclic amines) is 1. The molecule has 0 aromatic carbocycles. The smallest absolute Gasteiger partial charge is 0.321 e. The van der Waals surface area contributed by atoms with Crippen molar-refractivity contribution in [3.05, 3.63) is 0 Å². The van der Waals surface area contributed by atoms with Crippen LogP contribution >= 0.6 is 0 Å². The van der Waals surface area contributed by atoms with Crippen molar-refractivity contribution in [2.75, 3.05) is 13.1 Å². The molecule has 62 valence electrons. The highest BCUT2D eigenvalue weighted by molar-refractivity contribution is 5.90. The maximum absolute atomic E-state index is 10.8. The van der Waals surface area contributed by atoms with Crippen LogP contribution in [-0.2, 0) is 9.59 Å². The van der Waals surface area contributed by atoms with E-state index in [-0.39, 0.29) is 12.2 Å². The maximum atomic E-state index is 10.8. The van der Waals surface area contributed by atoms with Crippen LogP contribution in [0.15, 0.2) is 0 Å². The average Bonchev–Trinajstić information content (AvgIpc) is 2.30. The Bertz CT molecular complexity index is 190. The van der Waals surface area contributed by atoms with Crippen molar-refractivity contribution in [1.82, 2.24) is 4.90 Å². The molecule has 1 N–H and O–H groups in total. The molecule has 0 aromatic heterocycles. The van der Waals surface area contributed by atoms with E-state index in [9.17, 15) is 9.59 Å². The minimum absolute atomic E-state index is 0.0271. The van der Waals surface area contributed by atoms with Gasteiger partial charge in [0.15, 0.2) is 0 Å². The molecule has 0 spiro atoms. The lowest BCUT2D eigenvalue weighted by atomic mass is 10.2. The van der Waals surface area contributed by atoms with Gasteiger partial charge in [-0.15, -0.1) is 0 Å².